The number of fused-ring (bicyclic) bond motifs is 1. The van der Waals surface area contributed by atoms with Gasteiger partial charge in [-0.15, -0.1) is 0 Å². The van der Waals surface area contributed by atoms with E-state index >= 15 is 0 Å². The molecule has 2 N–H and O–H groups in total. The number of aliphatic carboxylic acids is 1. The number of ether oxygens (including phenoxy) is 3. The van der Waals surface area contributed by atoms with Gasteiger partial charge in [-0.05, 0) is 36.1 Å². The summed E-state index contributed by atoms with van der Waals surface area (Å²) in [6.07, 6.45) is 0.960. The average molecular weight is 399 g/mol. The van der Waals surface area contributed by atoms with Crippen LogP contribution in [0.5, 0.6) is 11.5 Å². The number of carbonyl (C=O) groups is 2. The van der Waals surface area contributed by atoms with Crippen molar-refractivity contribution in [2.45, 2.75) is 38.3 Å². The lowest BCUT2D eigenvalue weighted by Gasteiger charge is -2.19. The third-order valence-electron chi connectivity index (χ3n) is 4.54. The van der Waals surface area contributed by atoms with E-state index < -0.39 is 12.1 Å². The number of amides is 1. The Morgan fingerprint density at radius 1 is 1.03 bits per heavy atom. The van der Waals surface area contributed by atoms with Crippen molar-refractivity contribution in [1.82, 2.24) is 5.32 Å². The summed E-state index contributed by atoms with van der Waals surface area (Å²) in [5.41, 5.74) is 1.81. The minimum Gasteiger partial charge on any atom is -0.490 e. The maximum Gasteiger partial charge on any atom is 0.407 e. The van der Waals surface area contributed by atoms with Crippen molar-refractivity contribution in [1.29, 1.82) is 0 Å². The Labute approximate surface area is 169 Å². The number of hydrogen-bond acceptors (Lipinski definition) is 5. The van der Waals surface area contributed by atoms with Gasteiger partial charge in [0.2, 0.25) is 0 Å². The van der Waals surface area contributed by atoms with Crippen LogP contribution in [-0.2, 0) is 22.6 Å². The highest BCUT2D eigenvalue weighted by Gasteiger charge is 2.18. The number of hydrogen-bond donors (Lipinski definition) is 2. The third kappa shape index (κ3) is 6.71. The van der Waals surface area contributed by atoms with Crippen LogP contribution in [0.25, 0.3) is 0 Å². The molecular formula is C22H25NO6. The predicted molar refractivity (Wildman–Crippen MR) is 106 cm³/mol. The lowest BCUT2D eigenvalue weighted by molar-refractivity contribution is -0.137. The first-order chi connectivity index (χ1) is 14.1. The standard InChI is InChI=1S/C22H25NO6/c24-21(25)10-8-18(23-22(26)29-15-16-5-2-1-3-6-16)13-17-7-9-19-20(14-17)28-12-4-11-27-19/h1-3,5-7,9,14,18H,4,8,10-13,15H2,(H,23,26)(H,24,25). The molecule has 1 atom stereocenters. The van der Waals surface area contributed by atoms with Crippen LogP contribution in [0.15, 0.2) is 48.5 Å². The van der Waals surface area contributed by atoms with Crippen molar-refractivity contribution in [2.75, 3.05) is 13.2 Å². The van der Waals surface area contributed by atoms with E-state index in [1.165, 1.54) is 0 Å². The SMILES string of the molecule is O=C(O)CCC(Cc1ccc2c(c1)OCCCO2)NC(=O)OCc1ccccc1. The van der Waals surface area contributed by atoms with Crippen LogP contribution in [0, 0.1) is 0 Å². The molecule has 7 nitrogen and oxygen atoms in total. The molecule has 7 heteroatoms. The molecule has 0 saturated heterocycles. The minimum atomic E-state index is -0.909. The first-order valence-electron chi connectivity index (χ1n) is 9.67. The van der Waals surface area contributed by atoms with Crippen LogP contribution < -0.4 is 14.8 Å². The fourth-order valence-corrected chi connectivity index (χ4v) is 3.07. The zero-order chi connectivity index (χ0) is 20.5. The molecule has 0 fully saturated rings. The van der Waals surface area contributed by atoms with Gasteiger partial charge in [0.15, 0.2) is 11.5 Å². The lowest BCUT2D eigenvalue weighted by atomic mass is 10.0. The average Bonchev–Trinajstić information content (AvgIpc) is 2.96. The summed E-state index contributed by atoms with van der Waals surface area (Å²) in [4.78, 5) is 23.2. The summed E-state index contributed by atoms with van der Waals surface area (Å²) >= 11 is 0. The summed E-state index contributed by atoms with van der Waals surface area (Å²) in [6.45, 7) is 1.35. The Bertz CT molecular complexity index is 823. The first kappa shape index (κ1) is 20.5. The van der Waals surface area contributed by atoms with Crippen LogP contribution >= 0.6 is 0 Å². The van der Waals surface area contributed by atoms with Crippen molar-refractivity contribution in [3.8, 4) is 11.5 Å². The molecule has 154 valence electrons. The van der Waals surface area contributed by atoms with Crippen LogP contribution in [0.4, 0.5) is 4.79 Å². The molecule has 0 aliphatic carbocycles. The molecule has 0 spiro atoms. The van der Waals surface area contributed by atoms with Gasteiger partial charge in [-0.25, -0.2) is 4.79 Å². The number of carbonyl (C=O) groups excluding carboxylic acids is 1. The zero-order valence-electron chi connectivity index (χ0n) is 16.1. The van der Waals surface area contributed by atoms with E-state index in [-0.39, 0.29) is 19.1 Å². The predicted octanol–water partition coefficient (Wildman–Crippen LogP) is 3.55. The normalized spacial score (nSPS) is 13.8. The minimum absolute atomic E-state index is 0.0474. The van der Waals surface area contributed by atoms with Crippen molar-refractivity contribution in [3.05, 3.63) is 59.7 Å². The topological polar surface area (TPSA) is 94.1 Å². The second kappa shape index (κ2) is 10.4. The van der Waals surface area contributed by atoms with Crippen molar-refractivity contribution in [3.63, 3.8) is 0 Å². The summed E-state index contributed by atoms with van der Waals surface area (Å²) in [7, 11) is 0. The molecule has 0 aromatic heterocycles. The Hall–Kier alpha value is -3.22. The molecule has 1 unspecified atom stereocenters. The Morgan fingerprint density at radius 2 is 1.79 bits per heavy atom. The van der Waals surface area contributed by atoms with Crippen molar-refractivity contribution < 1.29 is 28.9 Å². The first-order valence-corrected chi connectivity index (χ1v) is 9.67. The number of alkyl carbamates (subject to hydrolysis) is 1. The van der Waals surface area contributed by atoms with E-state index in [0.29, 0.717) is 37.6 Å². The molecule has 2 aromatic rings. The number of benzene rings is 2. The number of carboxylic acids is 1. The molecule has 1 aliphatic rings. The Kier molecular flexibility index (Phi) is 7.33. The largest absolute Gasteiger partial charge is 0.490 e. The summed E-state index contributed by atoms with van der Waals surface area (Å²) < 4.78 is 16.6. The number of rotatable bonds is 8. The Balaban J connectivity index is 1.61. The van der Waals surface area contributed by atoms with Gasteiger partial charge in [0.05, 0.1) is 13.2 Å². The van der Waals surface area contributed by atoms with Crippen LogP contribution in [0.2, 0.25) is 0 Å². The third-order valence-corrected chi connectivity index (χ3v) is 4.54. The van der Waals surface area contributed by atoms with Crippen LogP contribution in [-0.4, -0.2) is 36.4 Å². The van der Waals surface area contributed by atoms with Crippen molar-refractivity contribution >= 4 is 12.1 Å². The maximum atomic E-state index is 12.2. The fraction of sp³-hybridized carbons (Fsp3) is 0.364. The summed E-state index contributed by atoms with van der Waals surface area (Å²) in [5.74, 6) is 0.459. The second-order valence-electron chi connectivity index (χ2n) is 6.87. The van der Waals surface area contributed by atoms with Gasteiger partial charge < -0.3 is 24.6 Å². The summed E-state index contributed by atoms with van der Waals surface area (Å²) in [5, 5.41) is 11.8. The van der Waals surface area contributed by atoms with Gasteiger partial charge in [-0.1, -0.05) is 36.4 Å². The van der Waals surface area contributed by atoms with E-state index in [2.05, 4.69) is 5.32 Å². The highest BCUT2D eigenvalue weighted by atomic mass is 16.5. The highest BCUT2D eigenvalue weighted by Crippen LogP contribution is 2.31. The quantitative estimate of drug-likeness (QED) is 0.705. The van der Waals surface area contributed by atoms with Crippen LogP contribution in [0.1, 0.15) is 30.4 Å². The van der Waals surface area contributed by atoms with Gasteiger partial charge in [0.25, 0.3) is 0 Å². The number of carboxylic acid groups (broad SMARTS) is 1. The van der Waals surface area contributed by atoms with Gasteiger partial charge >= 0.3 is 12.1 Å². The molecule has 1 amide bonds. The molecule has 0 bridgehead atoms. The molecule has 3 rings (SSSR count). The second-order valence-corrected chi connectivity index (χ2v) is 6.87. The molecule has 1 aliphatic heterocycles. The smallest absolute Gasteiger partial charge is 0.407 e. The van der Waals surface area contributed by atoms with E-state index in [0.717, 1.165) is 17.5 Å². The number of nitrogens with one attached hydrogen (secondary N) is 1. The Morgan fingerprint density at radius 3 is 2.55 bits per heavy atom. The van der Waals surface area contributed by atoms with Gasteiger partial charge in [-0.3, -0.25) is 4.79 Å². The van der Waals surface area contributed by atoms with Gasteiger partial charge in [-0.2, -0.15) is 0 Å². The van der Waals surface area contributed by atoms with Gasteiger partial charge in [0, 0.05) is 18.9 Å². The highest BCUT2D eigenvalue weighted by molar-refractivity contribution is 5.69. The molecule has 2 aromatic carbocycles. The molecule has 0 radical (unpaired) electrons. The maximum absolute atomic E-state index is 12.2. The monoisotopic (exact) mass is 399 g/mol. The molecular weight excluding hydrogens is 374 g/mol. The van der Waals surface area contributed by atoms with E-state index in [1.54, 1.807) is 0 Å². The van der Waals surface area contributed by atoms with Gasteiger partial charge in [0.1, 0.15) is 6.61 Å². The lowest BCUT2D eigenvalue weighted by Crippen LogP contribution is -2.37. The van der Waals surface area contributed by atoms with E-state index in [9.17, 15) is 9.59 Å². The van der Waals surface area contributed by atoms with E-state index in [1.807, 2.05) is 48.5 Å². The van der Waals surface area contributed by atoms with Crippen molar-refractivity contribution in [2.24, 2.45) is 0 Å². The molecule has 1 heterocycles. The summed E-state index contributed by atoms with van der Waals surface area (Å²) in [6, 6.07) is 14.6. The van der Waals surface area contributed by atoms with Crippen LogP contribution in [0.3, 0.4) is 0 Å². The van der Waals surface area contributed by atoms with E-state index in [4.69, 9.17) is 19.3 Å². The molecule has 0 saturated carbocycles. The molecule has 29 heavy (non-hydrogen) atoms. The fourth-order valence-electron chi connectivity index (χ4n) is 3.07. The zero-order valence-corrected chi connectivity index (χ0v) is 16.1.